The van der Waals surface area contributed by atoms with Crippen LogP contribution in [0.25, 0.3) is 0 Å². The fraction of sp³-hybridized carbons (Fsp3) is 1.00. The first kappa shape index (κ1) is 15.3. The van der Waals surface area contributed by atoms with Gasteiger partial charge in [0.15, 0.2) is 11.9 Å². The van der Waals surface area contributed by atoms with E-state index in [4.69, 9.17) is 28.4 Å². The molecular weight excluding hydrogens is 292 g/mol. The Kier molecular flexibility index (Phi) is 2.92. The third-order valence-electron chi connectivity index (χ3n) is 6.39. The predicted molar refractivity (Wildman–Crippen MR) is 73.2 cm³/mol. The zero-order valence-corrected chi connectivity index (χ0v) is 13.6. The van der Waals surface area contributed by atoms with E-state index in [0.717, 1.165) is 0 Å². The summed E-state index contributed by atoms with van der Waals surface area (Å²) in [7, 11) is 4.82. The molecule has 0 aromatic rings. The molecule has 0 radical (unpaired) electrons. The summed E-state index contributed by atoms with van der Waals surface area (Å²) in [6.07, 6.45) is -1.04. The van der Waals surface area contributed by atoms with Crippen molar-refractivity contribution in [3.63, 3.8) is 0 Å². The Morgan fingerprint density at radius 3 is 2.45 bits per heavy atom. The lowest BCUT2D eigenvalue weighted by Crippen LogP contribution is -2.74. The van der Waals surface area contributed by atoms with Crippen LogP contribution in [-0.2, 0) is 28.4 Å². The first-order valence-electron chi connectivity index (χ1n) is 7.70. The maximum absolute atomic E-state index is 10.9. The summed E-state index contributed by atoms with van der Waals surface area (Å²) < 4.78 is 35.6. The van der Waals surface area contributed by atoms with Gasteiger partial charge in [-0.2, -0.15) is 0 Å². The Hall–Kier alpha value is -0.280. The van der Waals surface area contributed by atoms with Gasteiger partial charge in [-0.25, -0.2) is 0 Å². The average molecular weight is 316 g/mol. The van der Waals surface area contributed by atoms with Crippen LogP contribution in [0.3, 0.4) is 0 Å². The minimum atomic E-state index is -1.07. The van der Waals surface area contributed by atoms with Crippen LogP contribution in [0.1, 0.15) is 26.7 Å². The van der Waals surface area contributed by atoms with E-state index in [1.54, 1.807) is 21.3 Å². The Balaban J connectivity index is 1.91. The number of aliphatic hydroxyl groups excluding tert-OH is 1. The molecule has 0 aromatic carbocycles. The zero-order chi connectivity index (χ0) is 16.0. The van der Waals surface area contributed by atoms with E-state index >= 15 is 0 Å². The van der Waals surface area contributed by atoms with Crippen LogP contribution in [-0.4, -0.2) is 73.6 Å². The molecule has 5 heterocycles. The maximum Gasteiger partial charge on any atom is 0.200 e. The van der Waals surface area contributed by atoms with Crippen molar-refractivity contribution in [1.29, 1.82) is 0 Å². The standard InChI is InChI=1S/C15H24O7/c1-8-15-12(2)11(16)14(19-5,22-15)6-9(21-12)13(15,18-4)7-10(17-3)20-8/h8-11,16H,6-7H2,1-5H3/t8-,9-,10+,11+,12+,13+,14?,15-/m0/s1. The second kappa shape index (κ2) is 4.22. The molecule has 7 heteroatoms. The molecule has 5 fully saturated rings. The fourth-order valence-corrected chi connectivity index (χ4v) is 5.43. The normalized spacial score (nSPS) is 62.5. The molecule has 22 heavy (non-hydrogen) atoms. The van der Waals surface area contributed by atoms with E-state index in [-0.39, 0.29) is 12.2 Å². The number of hydrogen-bond donors (Lipinski definition) is 1. The van der Waals surface area contributed by atoms with Gasteiger partial charge in [-0.3, -0.25) is 0 Å². The van der Waals surface area contributed by atoms with Crippen LogP contribution in [0.4, 0.5) is 0 Å². The first-order chi connectivity index (χ1) is 10.4. The van der Waals surface area contributed by atoms with Gasteiger partial charge in [-0.05, 0) is 13.8 Å². The lowest BCUT2D eigenvalue weighted by molar-refractivity contribution is -0.389. The summed E-state index contributed by atoms with van der Waals surface area (Å²) in [6, 6.07) is 0. The SMILES string of the molecule is CO[C@H]1C[C@@]2(OC)[C@@H]3CC4(OC)O[C@@]2([C@H](C)O1)[C@](C)(O3)[C@H]4O. The summed E-state index contributed by atoms with van der Waals surface area (Å²) in [5.41, 5.74) is -2.64. The number of methoxy groups -OCH3 is 3. The van der Waals surface area contributed by atoms with Crippen molar-refractivity contribution in [3.8, 4) is 0 Å². The molecule has 5 aliphatic heterocycles. The molecule has 0 aromatic heterocycles. The molecule has 5 rings (SSSR count). The monoisotopic (exact) mass is 316 g/mol. The third-order valence-corrected chi connectivity index (χ3v) is 6.39. The van der Waals surface area contributed by atoms with Crippen LogP contribution in [0.15, 0.2) is 0 Å². The number of rotatable bonds is 3. The van der Waals surface area contributed by atoms with Crippen molar-refractivity contribution in [3.05, 3.63) is 0 Å². The molecule has 0 saturated carbocycles. The third kappa shape index (κ3) is 1.24. The summed E-state index contributed by atoms with van der Waals surface area (Å²) >= 11 is 0. The van der Waals surface area contributed by atoms with Gasteiger partial charge in [-0.1, -0.05) is 0 Å². The molecule has 4 bridgehead atoms. The van der Waals surface area contributed by atoms with Crippen molar-refractivity contribution in [2.24, 2.45) is 0 Å². The molecular formula is C15H24O7. The van der Waals surface area contributed by atoms with Crippen LogP contribution in [0.2, 0.25) is 0 Å². The quantitative estimate of drug-likeness (QED) is 0.796. The Morgan fingerprint density at radius 1 is 1.14 bits per heavy atom. The van der Waals surface area contributed by atoms with Crippen molar-refractivity contribution in [1.82, 2.24) is 0 Å². The predicted octanol–water partition coefficient (Wildman–Crippen LogP) is 0.187. The van der Waals surface area contributed by atoms with Gasteiger partial charge in [-0.15, -0.1) is 0 Å². The summed E-state index contributed by atoms with van der Waals surface area (Å²) in [4.78, 5) is 0. The van der Waals surface area contributed by atoms with Crippen molar-refractivity contribution in [2.45, 2.75) is 73.9 Å². The van der Waals surface area contributed by atoms with Crippen LogP contribution < -0.4 is 0 Å². The number of ether oxygens (including phenoxy) is 6. The minimum Gasteiger partial charge on any atom is -0.384 e. The van der Waals surface area contributed by atoms with E-state index in [9.17, 15) is 5.11 Å². The molecule has 1 unspecified atom stereocenters. The smallest absolute Gasteiger partial charge is 0.200 e. The molecule has 8 atom stereocenters. The van der Waals surface area contributed by atoms with Gasteiger partial charge in [0.25, 0.3) is 0 Å². The molecule has 0 aliphatic carbocycles. The van der Waals surface area contributed by atoms with E-state index in [0.29, 0.717) is 12.8 Å². The second-order valence-electron chi connectivity index (χ2n) is 6.92. The van der Waals surface area contributed by atoms with Gasteiger partial charge >= 0.3 is 0 Å². The zero-order valence-electron chi connectivity index (χ0n) is 13.6. The van der Waals surface area contributed by atoms with Crippen molar-refractivity contribution in [2.75, 3.05) is 21.3 Å². The van der Waals surface area contributed by atoms with E-state index in [2.05, 4.69) is 0 Å². The fourth-order valence-electron chi connectivity index (χ4n) is 5.43. The molecule has 126 valence electrons. The van der Waals surface area contributed by atoms with Gasteiger partial charge in [0.2, 0.25) is 5.79 Å². The Morgan fingerprint density at radius 2 is 1.86 bits per heavy atom. The lowest BCUT2D eigenvalue weighted by Gasteiger charge is -2.57. The van der Waals surface area contributed by atoms with E-state index in [1.807, 2.05) is 13.8 Å². The number of aliphatic hydroxyl groups is 1. The van der Waals surface area contributed by atoms with Gasteiger partial charge < -0.3 is 33.5 Å². The van der Waals surface area contributed by atoms with Crippen molar-refractivity contribution >= 4 is 0 Å². The summed E-state index contributed by atoms with van der Waals surface area (Å²) in [6.45, 7) is 3.77. The van der Waals surface area contributed by atoms with Crippen molar-refractivity contribution < 1.29 is 33.5 Å². The molecule has 5 saturated heterocycles. The highest BCUT2D eigenvalue weighted by molar-refractivity contribution is 5.36. The topological polar surface area (TPSA) is 75.6 Å². The van der Waals surface area contributed by atoms with E-state index in [1.165, 1.54) is 0 Å². The van der Waals surface area contributed by atoms with Crippen LogP contribution >= 0.6 is 0 Å². The van der Waals surface area contributed by atoms with E-state index < -0.39 is 35.0 Å². The van der Waals surface area contributed by atoms with Gasteiger partial charge in [0, 0.05) is 34.2 Å². The average Bonchev–Trinajstić information content (AvgIpc) is 2.75. The second-order valence-corrected chi connectivity index (χ2v) is 6.92. The Labute approximate surface area is 129 Å². The highest BCUT2D eigenvalue weighted by Gasteiger charge is 2.90. The first-order valence-corrected chi connectivity index (χ1v) is 7.70. The lowest BCUT2D eigenvalue weighted by atomic mass is 9.66. The summed E-state index contributed by atoms with van der Waals surface area (Å²) in [5.74, 6) is -1.07. The highest BCUT2D eigenvalue weighted by Crippen LogP contribution is 2.70. The molecule has 1 N–H and O–H groups in total. The maximum atomic E-state index is 10.9. The highest BCUT2D eigenvalue weighted by atomic mass is 16.8. The number of hydrogen-bond acceptors (Lipinski definition) is 7. The summed E-state index contributed by atoms with van der Waals surface area (Å²) in [5, 5.41) is 10.9. The molecule has 1 spiro atoms. The molecule has 5 aliphatic rings. The minimum absolute atomic E-state index is 0.247. The largest absolute Gasteiger partial charge is 0.384 e. The van der Waals surface area contributed by atoms with Gasteiger partial charge in [0.1, 0.15) is 17.3 Å². The Bertz CT molecular complexity index is 500. The van der Waals surface area contributed by atoms with Crippen LogP contribution in [0, 0.1) is 0 Å². The van der Waals surface area contributed by atoms with Gasteiger partial charge in [0.05, 0.1) is 12.2 Å². The molecule has 7 nitrogen and oxygen atoms in total. The van der Waals surface area contributed by atoms with Crippen LogP contribution in [0.5, 0.6) is 0 Å². The molecule has 0 amide bonds.